The predicted octanol–water partition coefficient (Wildman–Crippen LogP) is 2.48. The quantitative estimate of drug-likeness (QED) is 0.583. The Morgan fingerprint density at radius 3 is 2.47 bits per heavy atom. The van der Waals surface area contributed by atoms with Crippen LogP contribution in [0.2, 0.25) is 0 Å². The second kappa shape index (κ2) is 5.77. The van der Waals surface area contributed by atoms with Crippen molar-refractivity contribution in [3.05, 3.63) is 23.9 Å². The molecule has 0 N–H and O–H groups in total. The van der Waals surface area contributed by atoms with Gasteiger partial charge in [0.1, 0.15) is 6.61 Å². The zero-order chi connectivity index (χ0) is 12.9. The van der Waals surface area contributed by atoms with Crippen molar-refractivity contribution >= 4 is 5.78 Å². The van der Waals surface area contributed by atoms with E-state index in [-0.39, 0.29) is 11.4 Å². The molecule has 4 heteroatoms. The molecule has 0 atom stereocenters. The van der Waals surface area contributed by atoms with Gasteiger partial charge in [0, 0.05) is 17.8 Å². The number of Topliss-reactive ketones (excluding diaryl/α,β-unsaturated/α-hetero) is 1. The van der Waals surface area contributed by atoms with Crippen molar-refractivity contribution in [2.45, 2.75) is 33.3 Å². The second-order valence-corrected chi connectivity index (χ2v) is 4.75. The van der Waals surface area contributed by atoms with Gasteiger partial charge < -0.3 is 9.47 Å². The van der Waals surface area contributed by atoms with Crippen LogP contribution in [0.3, 0.4) is 0 Å². The van der Waals surface area contributed by atoms with Crippen LogP contribution in [-0.2, 0) is 4.74 Å². The molecule has 94 valence electrons. The van der Waals surface area contributed by atoms with Gasteiger partial charge in [0.15, 0.2) is 5.78 Å². The van der Waals surface area contributed by atoms with E-state index in [0.717, 1.165) is 0 Å². The Kier molecular flexibility index (Phi) is 4.63. The van der Waals surface area contributed by atoms with Crippen molar-refractivity contribution in [3.63, 3.8) is 0 Å². The number of aromatic nitrogens is 1. The van der Waals surface area contributed by atoms with Gasteiger partial charge in [0.25, 0.3) is 0 Å². The number of ketones is 1. The van der Waals surface area contributed by atoms with E-state index < -0.39 is 0 Å². The van der Waals surface area contributed by atoms with Crippen molar-refractivity contribution in [1.29, 1.82) is 0 Å². The molecule has 17 heavy (non-hydrogen) atoms. The molecule has 0 saturated carbocycles. The molecule has 1 aromatic rings. The Morgan fingerprint density at radius 2 is 2.00 bits per heavy atom. The van der Waals surface area contributed by atoms with Gasteiger partial charge in [0.2, 0.25) is 5.88 Å². The topological polar surface area (TPSA) is 48.4 Å². The summed E-state index contributed by atoms with van der Waals surface area (Å²) in [5, 5.41) is 0. The Balaban J connectivity index is 2.35. The van der Waals surface area contributed by atoms with E-state index >= 15 is 0 Å². The van der Waals surface area contributed by atoms with E-state index in [2.05, 4.69) is 4.98 Å². The number of carbonyl (C=O) groups excluding carboxylic acids is 1. The maximum Gasteiger partial charge on any atom is 0.213 e. The number of hydrogen-bond donors (Lipinski definition) is 0. The minimum absolute atomic E-state index is 0.000107. The number of rotatable bonds is 5. The Bertz CT molecular complexity index is 365. The van der Waals surface area contributed by atoms with E-state index in [0.29, 0.717) is 24.7 Å². The fraction of sp³-hybridized carbons (Fsp3) is 0.538. The van der Waals surface area contributed by atoms with Gasteiger partial charge >= 0.3 is 0 Å². The highest BCUT2D eigenvalue weighted by Gasteiger charge is 2.09. The number of pyridine rings is 1. The summed E-state index contributed by atoms with van der Waals surface area (Å²) in [5.74, 6) is 0.507. The molecule has 0 spiro atoms. The van der Waals surface area contributed by atoms with E-state index in [4.69, 9.17) is 9.47 Å². The predicted molar refractivity (Wildman–Crippen MR) is 65.4 cm³/mol. The molecule has 0 aromatic carbocycles. The molecule has 0 aliphatic rings. The maximum absolute atomic E-state index is 11.0. The van der Waals surface area contributed by atoms with Gasteiger partial charge in [-0.2, -0.15) is 0 Å². The molecule has 0 saturated heterocycles. The van der Waals surface area contributed by atoms with Gasteiger partial charge in [0.05, 0.1) is 12.2 Å². The average Bonchev–Trinajstić information content (AvgIpc) is 2.24. The maximum atomic E-state index is 11.0. The summed E-state index contributed by atoms with van der Waals surface area (Å²) in [4.78, 5) is 15.1. The molecule has 0 aliphatic carbocycles. The van der Waals surface area contributed by atoms with E-state index in [1.165, 1.54) is 13.1 Å². The molecule has 0 radical (unpaired) electrons. The Labute approximate surface area is 102 Å². The van der Waals surface area contributed by atoms with Crippen molar-refractivity contribution in [2.24, 2.45) is 0 Å². The molecule has 0 amide bonds. The summed E-state index contributed by atoms with van der Waals surface area (Å²) < 4.78 is 10.9. The lowest BCUT2D eigenvalue weighted by molar-refractivity contribution is -0.0168. The van der Waals surface area contributed by atoms with Gasteiger partial charge in [-0.3, -0.25) is 4.79 Å². The highest BCUT2D eigenvalue weighted by Crippen LogP contribution is 2.09. The normalized spacial score (nSPS) is 11.3. The lowest BCUT2D eigenvalue weighted by atomic mass is 10.2. The molecule has 1 rings (SSSR count). The zero-order valence-electron chi connectivity index (χ0n) is 10.8. The molecule has 0 unspecified atom stereocenters. The highest BCUT2D eigenvalue weighted by atomic mass is 16.5. The van der Waals surface area contributed by atoms with Gasteiger partial charge in [-0.25, -0.2) is 4.98 Å². The number of ether oxygens (including phenoxy) is 2. The molecular weight excluding hydrogens is 218 g/mol. The largest absolute Gasteiger partial charge is 0.475 e. The SMILES string of the molecule is CC(=O)c1ccc(OCCOC(C)(C)C)nc1. The van der Waals surface area contributed by atoms with Crippen LogP contribution in [0.4, 0.5) is 0 Å². The average molecular weight is 237 g/mol. The van der Waals surface area contributed by atoms with Gasteiger partial charge in [-0.15, -0.1) is 0 Å². The monoisotopic (exact) mass is 237 g/mol. The van der Waals surface area contributed by atoms with Gasteiger partial charge in [-0.05, 0) is 33.8 Å². The third kappa shape index (κ3) is 5.45. The Hall–Kier alpha value is -1.42. The second-order valence-electron chi connectivity index (χ2n) is 4.75. The minimum atomic E-state index is -0.157. The first kappa shape index (κ1) is 13.6. The van der Waals surface area contributed by atoms with Crippen LogP contribution in [0.5, 0.6) is 5.88 Å². The summed E-state index contributed by atoms with van der Waals surface area (Å²) >= 11 is 0. The minimum Gasteiger partial charge on any atom is -0.475 e. The lowest BCUT2D eigenvalue weighted by Crippen LogP contribution is -2.22. The summed E-state index contributed by atoms with van der Waals surface area (Å²) in [6, 6.07) is 3.39. The molecule has 0 bridgehead atoms. The summed E-state index contributed by atoms with van der Waals surface area (Å²) in [6.07, 6.45) is 1.52. The third-order valence-electron chi connectivity index (χ3n) is 2.01. The van der Waals surface area contributed by atoms with E-state index in [1.807, 2.05) is 20.8 Å². The first-order chi connectivity index (χ1) is 7.88. The van der Waals surface area contributed by atoms with E-state index in [1.54, 1.807) is 12.1 Å². The molecule has 0 aliphatic heterocycles. The smallest absolute Gasteiger partial charge is 0.213 e. The van der Waals surface area contributed by atoms with E-state index in [9.17, 15) is 4.79 Å². The molecular formula is C13H19NO3. The van der Waals surface area contributed by atoms with Crippen LogP contribution < -0.4 is 4.74 Å². The lowest BCUT2D eigenvalue weighted by Gasteiger charge is -2.19. The number of hydrogen-bond acceptors (Lipinski definition) is 4. The number of nitrogens with zero attached hydrogens (tertiary/aromatic N) is 1. The van der Waals surface area contributed by atoms with Crippen LogP contribution in [0, 0.1) is 0 Å². The summed E-state index contributed by atoms with van der Waals surface area (Å²) in [7, 11) is 0. The van der Waals surface area contributed by atoms with Crippen molar-refractivity contribution < 1.29 is 14.3 Å². The Morgan fingerprint density at radius 1 is 1.29 bits per heavy atom. The van der Waals surface area contributed by atoms with Crippen LogP contribution in [0.25, 0.3) is 0 Å². The molecule has 4 nitrogen and oxygen atoms in total. The fourth-order valence-electron chi connectivity index (χ4n) is 1.17. The first-order valence-electron chi connectivity index (χ1n) is 5.62. The van der Waals surface area contributed by atoms with Crippen molar-refractivity contribution in [1.82, 2.24) is 4.98 Å². The van der Waals surface area contributed by atoms with Gasteiger partial charge in [-0.1, -0.05) is 0 Å². The highest BCUT2D eigenvalue weighted by molar-refractivity contribution is 5.93. The zero-order valence-corrected chi connectivity index (χ0v) is 10.8. The van der Waals surface area contributed by atoms with Crippen molar-refractivity contribution in [3.8, 4) is 5.88 Å². The van der Waals surface area contributed by atoms with Crippen LogP contribution in [0.1, 0.15) is 38.1 Å². The molecule has 0 fully saturated rings. The van der Waals surface area contributed by atoms with Crippen molar-refractivity contribution in [2.75, 3.05) is 13.2 Å². The standard InChI is InChI=1S/C13H19NO3/c1-10(15)11-5-6-12(14-9-11)16-7-8-17-13(2,3)4/h5-6,9H,7-8H2,1-4H3. The first-order valence-corrected chi connectivity index (χ1v) is 5.62. The fourth-order valence-corrected chi connectivity index (χ4v) is 1.17. The van der Waals surface area contributed by atoms with Crippen LogP contribution in [-0.4, -0.2) is 29.6 Å². The van der Waals surface area contributed by atoms with Crippen LogP contribution in [0.15, 0.2) is 18.3 Å². The van der Waals surface area contributed by atoms with Crippen LogP contribution >= 0.6 is 0 Å². The number of carbonyl (C=O) groups is 1. The third-order valence-corrected chi connectivity index (χ3v) is 2.01. The molecule has 1 aromatic heterocycles. The summed E-state index contributed by atoms with van der Waals surface area (Å²) in [5.41, 5.74) is 0.429. The summed E-state index contributed by atoms with van der Waals surface area (Å²) in [6.45, 7) is 8.45. The molecule has 1 heterocycles.